The summed E-state index contributed by atoms with van der Waals surface area (Å²) < 4.78 is 5.74. The molecule has 0 radical (unpaired) electrons. The summed E-state index contributed by atoms with van der Waals surface area (Å²) in [5.74, 6) is 0.503. The zero-order valence-corrected chi connectivity index (χ0v) is 15.1. The molecule has 2 aliphatic rings. The number of rotatable bonds is 3. The van der Waals surface area contributed by atoms with Crippen LogP contribution in [-0.2, 0) is 16.1 Å². The highest BCUT2D eigenvalue weighted by Crippen LogP contribution is 2.23. The first kappa shape index (κ1) is 17.4. The van der Waals surface area contributed by atoms with E-state index in [1.165, 1.54) is 5.56 Å². The number of carbonyl (C=O) groups excluding carboxylic acids is 1. The molecule has 2 unspecified atom stereocenters. The average molecular weight is 331 g/mol. The van der Waals surface area contributed by atoms with Gasteiger partial charge in [-0.05, 0) is 58.3 Å². The molecular weight excluding hydrogens is 302 g/mol. The summed E-state index contributed by atoms with van der Waals surface area (Å²) in [5, 5.41) is 0. The van der Waals surface area contributed by atoms with Gasteiger partial charge in [-0.15, -0.1) is 0 Å². The number of aryl methyl sites for hydroxylation is 1. The number of pyridine rings is 1. The summed E-state index contributed by atoms with van der Waals surface area (Å²) in [6, 6.07) is 4.15. The van der Waals surface area contributed by atoms with Gasteiger partial charge < -0.3 is 9.64 Å². The van der Waals surface area contributed by atoms with E-state index in [-0.39, 0.29) is 18.1 Å². The van der Waals surface area contributed by atoms with Gasteiger partial charge in [0.25, 0.3) is 0 Å². The lowest BCUT2D eigenvalue weighted by Crippen LogP contribution is -2.51. The second-order valence-corrected chi connectivity index (χ2v) is 7.30. The molecule has 2 fully saturated rings. The highest BCUT2D eigenvalue weighted by Gasteiger charge is 2.32. The first-order chi connectivity index (χ1) is 11.5. The maximum Gasteiger partial charge on any atom is 0.225 e. The summed E-state index contributed by atoms with van der Waals surface area (Å²) in [7, 11) is 0. The lowest BCUT2D eigenvalue weighted by Gasteiger charge is -2.39. The minimum Gasteiger partial charge on any atom is -0.372 e. The molecule has 3 rings (SSSR count). The molecule has 132 valence electrons. The van der Waals surface area contributed by atoms with E-state index in [0.717, 1.165) is 51.3 Å². The van der Waals surface area contributed by atoms with Crippen molar-refractivity contribution >= 4 is 5.91 Å². The Kier molecular flexibility index (Phi) is 5.51. The SMILES string of the molecule is Cc1ncccc1CN1CCC(C(=O)N2CC(C)OC(C)C2)CC1. The van der Waals surface area contributed by atoms with Gasteiger partial charge in [0.2, 0.25) is 5.91 Å². The molecule has 0 spiro atoms. The van der Waals surface area contributed by atoms with Crippen LogP contribution in [0.5, 0.6) is 0 Å². The lowest BCUT2D eigenvalue weighted by atomic mass is 9.94. The zero-order chi connectivity index (χ0) is 17.1. The predicted molar refractivity (Wildman–Crippen MR) is 93.6 cm³/mol. The van der Waals surface area contributed by atoms with Crippen molar-refractivity contribution in [3.05, 3.63) is 29.6 Å². The first-order valence-corrected chi connectivity index (χ1v) is 9.10. The van der Waals surface area contributed by atoms with Crippen molar-refractivity contribution in [3.63, 3.8) is 0 Å². The number of morpholine rings is 1. The number of hydrogen-bond donors (Lipinski definition) is 0. The molecule has 0 aliphatic carbocycles. The number of carbonyl (C=O) groups is 1. The highest BCUT2D eigenvalue weighted by atomic mass is 16.5. The molecular formula is C19H29N3O2. The molecule has 1 aromatic heterocycles. The van der Waals surface area contributed by atoms with Crippen molar-refractivity contribution in [1.29, 1.82) is 0 Å². The van der Waals surface area contributed by atoms with Gasteiger partial charge in [0, 0.05) is 37.4 Å². The summed E-state index contributed by atoms with van der Waals surface area (Å²) in [6.45, 7) is 10.5. The zero-order valence-electron chi connectivity index (χ0n) is 15.1. The van der Waals surface area contributed by atoms with Gasteiger partial charge >= 0.3 is 0 Å². The van der Waals surface area contributed by atoms with E-state index in [9.17, 15) is 4.79 Å². The molecule has 0 aromatic carbocycles. The molecule has 1 aromatic rings. The minimum atomic E-state index is 0.145. The molecule has 24 heavy (non-hydrogen) atoms. The van der Waals surface area contributed by atoms with E-state index >= 15 is 0 Å². The lowest BCUT2D eigenvalue weighted by molar-refractivity contribution is -0.148. The average Bonchev–Trinajstić information content (AvgIpc) is 2.56. The van der Waals surface area contributed by atoms with Crippen LogP contribution in [0.2, 0.25) is 0 Å². The van der Waals surface area contributed by atoms with Crippen molar-refractivity contribution in [2.45, 2.75) is 52.4 Å². The van der Waals surface area contributed by atoms with Crippen LogP contribution in [0.1, 0.15) is 37.9 Å². The second kappa shape index (κ2) is 7.62. The van der Waals surface area contributed by atoms with Gasteiger partial charge in [-0.2, -0.15) is 0 Å². The summed E-state index contributed by atoms with van der Waals surface area (Å²) >= 11 is 0. The van der Waals surface area contributed by atoms with E-state index < -0.39 is 0 Å². The molecule has 3 heterocycles. The van der Waals surface area contributed by atoms with Crippen LogP contribution in [0.25, 0.3) is 0 Å². The van der Waals surface area contributed by atoms with Crippen molar-refractivity contribution in [3.8, 4) is 0 Å². The Morgan fingerprint density at radius 2 is 1.92 bits per heavy atom. The Hall–Kier alpha value is -1.46. The Labute approximate surface area is 145 Å². The Balaban J connectivity index is 1.51. The molecule has 0 N–H and O–H groups in total. The van der Waals surface area contributed by atoms with Crippen molar-refractivity contribution in [1.82, 2.24) is 14.8 Å². The molecule has 5 heteroatoms. The van der Waals surface area contributed by atoms with Gasteiger partial charge in [0.05, 0.1) is 12.2 Å². The Morgan fingerprint density at radius 3 is 2.54 bits per heavy atom. The van der Waals surface area contributed by atoms with Crippen molar-refractivity contribution in [2.75, 3.05) is 26.2 Å². The fourth-order valence-corrected chi connectivity index (χ4v) is 3.88. The molecule has 2 aliphatic heterocycles. The number of likely N-dealkylation sites (tertiary alicyclic amines) is 1. The predicted octanol–water partition coefficient (Wildman–Crippen LogP) is 2.24. The molecule has 2 atom stereocenters. The van der Waals surface area contributed by atoms with Crippen LogP contribution in [-0.4, -0.2) is 59.1 Å². The molecule has 2 saturated heterocycles. The quantitative estimate of drug-likeness (QED) is 0.852. The summed E-state index contributed by atoms with van der Waals surface area (Å²) in [5.41, 5.74) is 2.39. The first-order valence-electron chi connectivity index (χ1n) is 9.10. The van der Waals surface area contributed by atoms with Crippen LogP contribution in [0.4, 0.5) is 0 Å². The van der Waals surface area contributed by atoms with E-state index in [1.54, 1.807) is 0 Å². The molecule has 0 saturated carbocycles. The number of aromatic nitrogens is 1. The third-order valence-electron chi connectivity index (χ3n) is 5.18. The van der Waals surface area contributed by atoms with Gasteiger partial charge in [0.15, 0.2) is 0 Å². The van der Waals surface area contributed by atoms with Crippen LogP contribution in [0.3, 0.4) is 0 Å². The molecule has 5 nitrogen and oxygen atoms in total. The Bertz CT molecular complexity index is 559. The molecule has 1 amide bonds. The second-order valence-electron chi connectivity index (χ2n) is 7.30. The van der Waals surface area contributed by atoms with Crippen molar-refractivity contribution in [2.24, 2.45) is 5.92 Å². The van der Waals surface area contributed by atoms with E-state index in [1.807, 2.05) is 17.2 Å². The number of hydrogen-bond acceptors (Lipinski definition) is 4. The van der Waals surface area contributed by atoms with Crippen LogP contribution in [0.15, 0.2) is 18.3 Å². The summed E-state index contributed by atoms with van der Waals surface area (Å²) in [6.07, 6.45) is 4.04. The third-order valence-corrected chi connectivity index (χ3v) is 5.18. The van der Waals surface area contributed by atoms with Gasteiger partial charge in [-0.25, -0.2) is 0 Å². The van der Waals surface area contributed by atoms with Crippen LogP contribution >= 0.6 is 0 Å². The number of piperidine rings is 1. The van der Waals surface area contributed by atoms with E-state index in [4.69, 9.17) is 4.74 Å². The minimum absolute atomic E-state index is 0.145. The van der Waals surface area contributed by atoms with Crippen LogP contribution in [0, 0.1) is 12.8 Å². The smallest absolute Gasteiger partial charge is 0.225 e. The highest BCUT2D eigenvalue weighted by molar-refractivity contribution is 5.79. The van der Waals surface area contributed by atoms with Crippen molar-refractivity contribution < 1.29 is 9.53 Å². The number of ether oxygens (including phenoxy) is 1. The fraction of sp³-hybridized carbons (Fsp3) is 0.684. The van der Waals surface area contributed by atoms with Gasteiger partial charge in [0.1, 0.15) is 0 Å². The maximum absolute atomic E-state index is 12.8. The van der Waals surface area contributed by atoms with E-state index in [0.29, 0.717) is 5.91 Å². The normalized spacial score (nSPS) is 26.5. The topological polar surface area (TPSA) is 45.7 Å². The number of nitrogens with zero attached hydrogens (tertiary/aromatic N) is 3. The monoisotopic (exact) mass is 331 g/mol. The number of amides is 1. The fourth-order valence-electron chi connectivity index (χ4n) is 3.88. The summed E-state index contributed by atoms with van der Waals surface area (Å²) in [4.78, 5) is 21.6. The van der Waals surface area contributed by atoms with E-state index in [2.05, 4.69) is 36.7 Å². The Morgan fingerprint density at radius 1 is 1.25 bits per heavy atom. The van der Waals surface area contributed by atoms with Gasteiger partial charge in [-0.3, -0.25) is 14.7 Å². The maximum atomic E-state index is 12.8. The van der Waals surface area contributed by atoms with Crippen LogP contribution < -0.4 is 0 Å². The standard InChI is InChI=1S/C19H29N3O2/c1-14-11-22(12-15(2)24-14)19(23)17-6-9-21(10-7-17)13-18-5-4-8-20-16(18)3/h4-5,8,14-15,17H,6-7,9-13H2,1-3H3. The molecule has 0 bridgehead atoms. The van der Waals surface area contributed by atoms with Gasteiger partial charge in [-0.1, -0.05) is 6.07 Å². The largest absolute Gasteiger partial charge is 0.372 e. The third kappa shape index (κ3) is 4.14.